The number of rotatable bonds is 9. The van der Waals surface area contributed by atoms with Gasteiger partial charge in [0.2, 0.25) is 0 Å². The summed E-state index contributed by atoms with van der Waals surface area (Å²) in [5.41, 5.74) is 6.83. The zero-order chi connectivity index (χ0) is 14.1. The number of nitrogens with one attached hydrogen (secondary N) is 1. The maximum absolute atomic E-state index is 5.58. The lowest BCUT2D eigenvalue weighted by Crippen LogP contribution is -2.22. The summed E-state index contributed by atoms with van der Waals surface area (Å²) in [5, 5.41) is 3.44. The lowest BCUT2D eigenvalue weighted by Gasteiger charge is -2.11. The zero-order valence-electron chi connectivity index (χ0n) is 12.2. The van der Waals surface area contributed by atoms with Gasteiger partial charge in [0.1, 0.15) is 0 Å². The molecule has 1 atom stereocenters. The van der Waals surface area contributed by atoms with Crippen molar-refractivity contribution in [2.24, 2.45) is 11.7 Å². The number of hydrogen-bond acceptors (Lipinski definition) is 4. The molecule has 19 heavy (non-hydrogen) atoms. The molecule has 0 heterocycles. The minimum atomic E-state index is 0.591. The van der Waals surface area contributed by atoms with Crippen molar-refractivity contribution in [3.05, 3.63) is 23.8 Å². The molecule has 0 bridgehead atoms. The van der Waals surface area contributed by atoms with Gasteiger partial charge in [-0.2, -0.15) is 0 Å². The number of hydrogen-bond donors (Lipinski definition) is 2. The van der Waals surface area contributed by atoms with Crippen LogP contribution < -0.4 is 20.5 Å². The monoisotopic (exact) mass is 266 g/mol. The van der Waals surface area contributed by atoms with Gasteiger partial charge in [-0.1, -0.05) is 13.0 Å². The summed E-state index contributed by atoms with van der Waals surface area (Å²) in [5.74, 6) is 2.15. The van der Waals surface area contributed by atoms with Gasteiger partial charge in [-0.3, -0.25) is 0 Å². The number of methoxy groups -OCH3 is 2. The van der Waals surface area contributed by atoms with Crippen molar-refractivity contribution in [1.29, 1.82) is 0 Å². The number of ether oxygens (including phenoxy) is 2. The highest BCUT2D eigenvalue weighted by atomic mass is 16.5. The van der Waals surface area contributed by atoms with Crippen LogP contribution in [0.3, 0.4) is 0 Å². The van der Waals surface area contributed by atoms with Gasteiger partial charge in [0.15, 0.2) is 11.5 Å². The second kappa shape index (κ2) is 8.77. The smallest absolute Gasteiger partial charge is 0.160 e. The third-order valence-corrected chi connectivity index (χ3v) is 3.25. The first-order valence-electron chi connectivity index (χ1n) is 6.83. The highest BCUT2D eigenvalue weighted by Crippen LogP contribution is 2.27. The topological polar surface area (TPSA) is 56.5 Å². The van der Waals surface area contributed by atoms with Gasteiger partial charge in [-0.05, 0) is 56.1 Å². The second-order valence-electron chi connectivity index (χ2n) is 4.82. The van der Waals surface area contributed by atoms with Crippen LogP contribution in [0.2, 0.25) is 0 Å². The molecule has 1 aromatic rings. The van der Waals surface area contributed by atoms with E-state index in [1.165, 1.54) is 5.56 Å². The minimum absolute atomic E-state index is 0.591. The van der Waals surface area contributed by atoms with Gasteiger partial charge < -0.3 is 20.5 Å². The van der Waals surface area contributed by atoms with E-state index in [0.717, 1.165) is 44.0 Å². The molecule has 0 aromatic heterocycles. The average Bonchev–Trinajstić information content (AvgIpc) is 2.46. The second-order valence-corrected chi connectivity index (χ2v) is 4.82. The molecule has 1 unspecified atom stereocenters. The molecule has 0 fully saturated rings. The van der Waals surface area contributed by atoms with Gasteiger partial charge in [0.05, 0.1) is 14.2 Å². The molecule has 0 amide bonds. The standard InChI is InChI=1S/C15H26N2O2/c1-12(11-16)6-8-17-9-7-13-4-5-14(18-2)15(10-13)19-3/h4-5,10,12,17H,6-9,11,16H2,1-3H3. The van der Waals surface area contributed by atoms with Gasteiger partial charge >= 0.3 is 0 Å². The van der Waals surface area contributed by atoms with E-state index >= 15 is 0 Å². The molecule has 0 radical (unpaired) electrons. The molecule has 0 saturated carbocycles. The Labute approximate surface area is 116 Å². The molecular formula is C15H26N2O2. The van der Waals surface area contributed by atoms with E-state index < -0.39 is 0 Å². The van der Waals surface area contributed by atoms with Crippen molar-refractivity contribution in [3.8, 4) is 11.5 Å². The van der Waals surface area contributed by atoms with Crippen LogP contribution in [0.15, 0.2) is 18.2 Å². The molecular weight excluding hydrogens is 240 g/mol. The summed E-state index contributed by atoms with van der Waals surface area (Å²) >= 11 is 0. The molecule has 4 heteroatoms. The lowest BCUT2D eigenvalue weighted by molar-refractivity contribution is 0.354. The molecule has 1 rings (SSSR count). The molecule has 4 nitrogen and oxygen atoms in total. The van der Waals surface area contributed by atoms with E-state index in [1.54, 1.807) is 14.2 Å². The zero-order valence-corrected chi connectivity index (χ0v) is 12.2. The number of benzene rings is 1. The van der Waals surface area contributed by atoms with Crippen LogP contribution in [0.25, 0.3) is 0 Å². The quantitative estimate of drug-likeness (QED) is 0.669. The SMILES string of the molecule is COc1ccc(CCNCCC(C)CN)cc1OC. The Hall–Kier alpha value is -1.26. The average molecular weight is 266 g/mol. The maximum Gasteiger partial charge on any atom is 0.160 e. The van der Waals surface area contributed by atoms with Crippen LogP contribution >= 0.6 is 0 Å². The van der Waals surface area contributed by atoms with E-state index in [9.17, 15) is 0 Å². The van der Waals surface area contributed by atoms with Crippen molar-refractivity contribution >= 4 is 0 Å². The summed E-state index contributed by atoms with van der Waals surface area (Å²) in [4.78, 5) is 0. The Morgan fingerprint density at radius 1 is 1.16 bits per heavy atom. The van der Waals surface area contributed by atoms with Crippen LogP contribution in [-0.2, 0) is 6.42 Å². The van der Waals surface area contributed by atoms with Gasteiger partial charge in [0.25, 0.3) is 0 Å². The van der Waals surface area contributed by atoms with Crippen molar-refractivity contribution in [1.82, 2.24) is 5.32 Å². The summed E-state index contributed by atoms with van der Waals surface area (Å²) < 4.78 is 10.5. The Morgan fingerprint density at radius 2 is 1.89 bits per heavy atom. The van der Waals surface area contributed by atoms with Gasteiger partial charge in [-0.15, -0.1) is 0 Å². The molecule has 108 valence electrons. The Balaban J connectivity index is 2.33. The highest BCUT2D eigenvalue weighted by molar-refractivity contribution is 5.42. The first-order chi connectivity index (χ1) is 9.21. The fourth-order valence-electron chi connectivity index (χ4n) is 1.86. The minimum Gasteiger partial charge on any atom is -0.493 e. The lowest BCUT2D eigenvalue weighted by atomic mass is 10.1. The van der Waals surface area contributed by atoms with Crippen LogP contribution in [0.1, 0.15) is 18.9 Å². The summed E-state index contributed by atoms with van der Waals surface area (Å²) in [7, 11) is 3.31. The molecule has 0 saturated heterocycles. The van der Waals surface area contributed by atoms with Crippen LogP contribution in [-0.4, -0.2) is 33.9 Å². The fraction of sp³-hybridized carbons (Fsp3) is 0.600. The summed E-state index contributed by atoms with van der Waals surface area (Å²) in [6.45, 7) is 4.92. The summed E-state index contributed by atoms with van der Waals surface area (Å²) in [6.07, 6.45) is 2.11. The third-order valence-electron chi connectivity index (χ3n) is 3.25. The van der Waals surface area contributed by atoms with Gasteiger partial charge in [-0.25, -0.2) is 0 Å². The van der Waals surface area contributed by atoms with E-state index in [2.05, 4.69) is 18.3 Å². The third kappa shape index (κ3) is 5.49. The summed E-state index contributed by atoms with van der Waals surface area (Å²) in [6, 6.07) is 6.05. The predicted molar refractivity (Wildman–Crippen MR) is 79.0 cm³/mol. The largest absolute Gasteiger partial charge is 0.493 e. The molecule has 0 aliphatic rings. The molecule has 0 aliphatic heterocycles. The highest BCUT2D eigenvalue weighted by Gasteiger charge is 2.04. The van der Waals surface area contributed by atoms with E-state index in [0.29, 0.717) is 5.92 Å². The molecule has 0 aliphatic carbocycles. The van der Waals surface area contributed by atoms with Crippen LogP contribution in [0.5, 0.6) is 11.5 Å². The molecule has 3 N–H and O–H groups in total. The van der Waals surface area contributed by atoms with E-state index in [1.807, 2.05) is 12.1 Å². The van der Waals surface area contributed by atoms with Gasteiger partial charge in [0, 0.05) is 0 Å². The maximum atomic E-state index is 5.58. The Kier molecular flexibility index (Phi) is 7.30. The van der Waals surface area contributed by atoms with Crippen molar-refractivity contribution < 1.29 is 9.47 Å². The Morgan fingerprint density at radius 3 is 2.53 bits per heavy atom. The Bertz CT molecular complexity index is 369. The fourth-order valence-corrected chi connectivity index (χ4v) is 1.86. The molecule has 1 aromatic carbocycles. The van der Waals surface area contributed by atoms with Crippen molar-refractivity contribution in [2.75, 3.05) is 33.9 Å². The van der Waals surface area contributed by atoms with E-state index in [-0.39, 0.29) is 0 Å². The molecule has 0 spiro atoms. The van der Waals surface area contributed by atoms with Crippen molar-refractivity contribution in [3.63, 3.8) is 0 Å². The number of nitrogens with two attached hydrogens (primary N) is 1. The normalized spacial score (nSPS) is 12.2. The predicted octanol–water partition coefficient (Wildman–Crippen LogP) is 1.82. The van der Waals surface area contributed by atoms with E-state index in [4.69, 9.17) is 15.2 Å². The first-order valence-corrected chi connectivity index (χ1v) is 6.83. The van der Waals surface area contributed by atoms with Crippen molar-refractivity contribution in [2.45, 2.75) is 19.8 Å². The van der Waals surface area contributed by atoms with Crippen LogP contribution in [0, 0.1) is 5.92 Å². The first kappa shape index (κ1) is 15.8. The van der Waals surface area contributed by atoms with Crippen LogP contribution in [0.4, 0.5) is 0 Å².